The van der Waals surface area contributed by atoms with Crippen molar-refractivity contribution in [3.8, 4) is 0 Å². The number of carbonyl (C=O) groups excluding carboxylic acids is 2. The number of aromatic nitrogens is 3. The summed E-state index contributed by atoms with van der Waals surface area (Å²) in [6.45, 7) is 1.96. The SMILES string of the molecule is Cc1cccc(N(C(=O)Cn2nnc3ccccc32)[C@@H](C(=O)NC2CCCC2)c2cccs2)c1. The van der Waals surface area contributed by atoms with Crippen LogP contribution in [0.15, 0.2) is 66.0 Å². The quantitative estimate of drug-likeness (QED) is 0.424. The number of hydrogen-bond acceptors (Lipinski definition) is 5. The lowest BCUT2D eigenvalue weighted by Gasteiger charge is -2.31. The van der Waals surface area contributed by atoms with Gasteiger partial charge >= 0.3 is 0 Å². The smallest absolute Gasteiger partial charge is 0.249 e. The third-order valence-electron chi connectivity index (χ3n) is 6.27. The fraction of sp³-hybridized carbons (Fsp3) is 0.308. The van der Waals surface area contributed by atoms with Gasteiger partial charge in [0.05, 0.1) is 5.52 Å². The van der Waals surface area contributed by atoms with Crippen molar-refractivity contribution in [2.75, 3.05) is 4.90 Å². The molecule has 1 N–H and O–H groups in total. The van der Waals surface area contributed by atoms with Gasteiger partial charge in [0, 0.05) is 16.6 Å². The van der Waals surface area contributed by atoms with Crippen LogP contribution in [0.1, 0.15) is 42.2 Å². The number of rotatable bonds is 7. The van der Waals surface area contributed by atoms with Gasteiger partial charge in [-0.05, 0) is 61.0 Å². The van der Waals surface area contributed by atoms with E-state index in [2.05, 4.69) is 15.6 Å². The van der Waals surface area contributed by atoms with E-state index >= 15 is 0 Å². The highest BCUT2D eigenvalue weighted by molar-refractivity contribution is 7.10. The van der Waals surface area contributed by atoms with E-state index < -0.39 is 6.04 Å². The van der Waals surface area contributed by atoms with Crippen LogP contribution < -0.4 is 10.2 Å². The van der Waals surface area contributed by atoms with Gasteiger partial charge in [-0.1, -0.05) is 48.4 Å². The summed E-state index contributed by atoms with van der Waals surface area (Å²) in [5.74, 6) is -0.367. The van der Waals surface area contributed by atoms with Crippen LogP contribution >= 0.6 is 11.3 Å². The number of benzene rings is 2. The molecule has 174 valence electrons. The lowest BCUT2D eigenvalue weighted by Crippen LogP contribution is -2.47. The zero-order chi connectivity index (χ0) is 23.5. The number of aryl methyl sites for hydroxylation is 1. The number of hydrogen-bond donors (Lipinski definition) is 1. The van der Waals surface area contributed by atoms with E-state index in [0.717, 1.165) is 47.2 Å². The minimum absolute atomic E-state index is 0.0208. The van der Waals surface area contributed by atoms with Gasteiger partial charge in [-0.2, -0.15) is 0 Å². The Morgan fingerprint density at radius 1 is 1.12 bits per heavy atom. The van der Waals surface area contributed by atoms with Crippen molar-refractivity contribution in [3.05, 3.63) is 76.5 Å². The number of amides is 2. The first kappa shape index (κ1) is 22.3. The summed E-state index contributed by atoms with van der Waals surface area (Å²) < 4.78 is 1.60. The number of para-hydroxylation sites is 1. The average molecular weight is 474 g/mol. The zero-order valence-corrected chi connectivity index (χ0v) is 19.9. The fourth-order valence-electron chi connectivity index (χ4n) is 4.62. The minimum atomic E-state index is -0.760. The highest BCUT2D eigenvalue weighted by Gasteiger charge is 2.35. The van der Waals surface area contributed by atoms with Crippen LogP contribution in [0.3, 0.4) is 0 Å². The fourth-order valence-corrected chi connectivity index (χ4v) is 5.44. The van der Waals surface area contributed by atoms with Gasteiger partial charge in [-0.25, -0.2) is 4.68 Å². The van der Waals surface area contributed by atoms with E-state index in [0.29, 0.717) is 5.69 Å². The first-order valence-electron chi connectivity index (χ1n) is 11.6. The second-order valence-electron chi connectivity index (χ2n) is 8.75. The molecule has 0 bridgehead atoms. The Bertz CT molecular complexity index is 1290. The van der Waals surface area contributed by atoms with Crippen molar-refractivity contribution in [2.45, 2.75) is 51.2 Å². The normalized spacial score (nSPS) is 14.9. The van der Waals surface area contributed by atoms with Gasteiger partial charge in [0.15, 0.2) is 0 Å². The van der Waals surface area contributed by atoms with Crippen LogP contribution in [-0.2, 0) is 16.1 Å². The lowest BCUT2D eigenvalue weighted by atomic mass is 10.1. The Morgan fingerprint density at radius 2 is 1.94 bits per heavy atom. The van der Waals surface area contributed by atoms with Crippen molar-refractivity contribution in [1.82, 2.24) is 20.3 Å². The van der Waals surface area contributed by atoms with E-state index in [-0.39, 0.29) is 24.4 Å². The van der Waals surface area contributed by atoms with Crippen molar-refractivity contribution in [3.63, 3.8) is 0 Å². The molecule has 4 aromatic rings. The Morgan fingerprint density at radius 3 is 2.71 bits per heavy atom. The molecule has 1 aliphatic carbocycles. The summed E-state index contributed by atoms with van der Waals surface area (Å²) in [6.07, 6.45) is 4.20. The largest absolute Gasteiger partial charge is 0.351 e. The third kappa shape index (κ3) is 4.59. The number of thiophene rings is 1. The van der Waals surface area contributed by atoms with Gasteiger partial charge in [0.1, 0.15) is 18.1 Å². The third-order valence-corrected chi connectivity index (χ3v) is 7.20. The first-order valence-corrected chi connectivity index (χ1v) is 12.5. The van der Waals surface area contributed by atoms with Crippen molar-refractivity contribution in [1.29, 1.82) is 0 Å². The van der Waals surface area contributed by atoms with E-state index in [1.807, 2.05) is 73.0 Å². The summed E-state index contributed by atoms with van der Waals surface area (Å²) in [6, 6.07) is 18.5. The predicted molar refractivity (Wildman–Crippen MR) is 134 cm³/mol. The maximum atomic E-state index is 13.9. The van der Waals surface area contributed by atoms with Crippen LogP contribution in [0.25, 0.3) is 11.0 Å². The Labute approximate surface area is 202 Å². The monoisotopic (exact) mass is 473 g/mol. The van der Waals surface area contributed by atoms with Crippen LogP contribution in [0, 0.1) is 6.92 Å². The van der Waals surface area contributed by atoms with Gasteiger partial charge in [-0.3, -0.25) is 14.5 Å². The molecule has 2 aromatic heterocycles. The molecule has 1 saturated carbocycles. The molecule has 1 atom stereocenters. The molecule has 0 saturated heterocycles. The maximum Gasteiger partial charge on any atom is 0.249 e. The van der Waals surface area contributed by atoms with E-state index in [4.69, 9.17) is 0 Å². The number of carbonyl (C=O) groups is 2. The molecule has 2 aromatic carbocycles. The number of fused-ring (bicyclic) bond motifs is 1. The molecule has 0 radical (unpaired) electrons. The van der Waals surface area contributed by atoms with Crippen molar-refractivity contribution in [2.24, 2.45) is 0 Å². The molecule has 7 nitrogen and oxygen atoms in total. The van der Waals surface area contributed by atoms with Crippen LogP contribution in [0.5, 0.6) is 0 Å². The van der Waals surface area contributed by atoms with Crippen LogP contribution in [0.4, 0.5) is 5.69 Å². The molecule has 0 spiro atoms. The molecule has 34 heavy (non-hydrogen) atoms. The summed E-state index contributed by atoms with van der Waals surface area (Å²) in [5.41, 5.74) is 3.21. The molecule has 8 heteroatoms. The summed E-state index contributed by atoms with van der Waals surface area (Å²) in [5, 5.41) is 13.5. The highest BCUT2D eigenvalue weighted by atomic mass is 32.1. The standard InChI is InChI=1S/C26H27N5O2S/c1-18-8-6-11-20(16-18)31(24(32)17-30-22-13-5-4-12-21(22)28-29-30)25(23-14-7-15-34-23)26(33)27-19-9-2-3-10-19/h4-8,11-16,19,25H,2-3,9-10,17H2,1H3,(H,27,33)/t25-/m1/s1. The number of nitrogens with zero attached hydrogens (tertiary/aromatic N) is 4. The second kappa shape index (κ2) is 9.77. The van der Waals surface area contributed by atoms with Crippen LogP contribution in [0.2, 0.25) is 0 Å². The second-order valence-corrected chi connectivity index (χ2v) is 9.73. The van der Waals surface area contributed by atoms with Gasteiger partial charge in [0.2, 0.25) is 11.8 Å². The van der Waals surface area contributed by atoms with Gasteiger partial charge in [-0.15, -0.1) is 16.4 Å². The molecule has 0 unspecified atom stereocenters. The molecule has 2 heterocycles. The van der Waals surface area contributed by atoms with E-state index in [9.17, 15) is 9.59 Å². The van der Waals surface area contributed by atoms with Crippen molar-refractivity contribution >= 4 is 39.9 Å². The molecule has 5 rings (SSSR count). The predicted octanol–water partition coefficient (Wildman–Crippen LogP) is 4.63. The average Bonchev–Trinajstić information content (AvgIpc) is 3.60. The molecule has 0 aliphatic heterocycles. The summed E-state index contributed by atoms with van der Waals surface area (Å²) in [7, 11) is 0. The Balaban J connectivity index is 1.54. The lowest BCUT2D eigenvalue weighted by molar-refractivity contribution is -0.127. The van der Waals surface area contributed by atoms with E-state index in [1.165, 1.54) is 11.3 Å². The maximum absolute atomic E-state index is 13.9. The Kier molecular flexibility index (Phi) is 6.40. The molecule has 1 fully saturated rings. The summed E-state index contributed by atoms with van der Waals surface area (Å²) in [4.78, 5) is 30.0. The van der Waals surface area contributed by atoms with E-state index in [1.54, 1.807) is 9.58 Å². The topological polar surface area (TPSA) is 80.1 Å². The van der Waals surface area contributed by atoms with Crippen LogP contribution in [-0.4, -0.2) is 32.9 Å². The highest BCUT2D eigenvalue weighted by Crippen LogP contribution is 2.32. The molecule has 2 amide bonds. The number of anilines is 1. The first-order chi connectivity index (χ1) is 16.6. The zero-order valence-electron chi connectivity index (χ0n) is 19.1. The Hall–Kier alpha value is -3.52. The molecular formula is C26H27N5O2S. The molecule has 1 aliphatic rings. The number of nitrogens with one attached hydrogen (secondary N) is 1. The minimum Gasteiger partial charge on any atom is -0.351 e. The molecular weight excluding hydrogens is 446 g/mol. The summed E-state index contributed by atoms with van der Waals surface area (Å²) >= 11 is 1.48. The van der Waals surface area contributed by atoms with Gasteiger partial charge in [0.25, 0.3) is 0 Å². The van der Waals surface area contributed by atoms with Crippen molar-refractivity contribution < 1.29 is 9.59 Å². The van der Waals surface area contributed by atoms with Gasteiger partial charge < -0.3 is 5.32 Å².